The zero-order chi connectivity index (χ0) is 14.2. The van der Waals surface area contributed by atoms with Gasteiger partial charge in [0.15, 0.2) is 0 Å². The van der Waals surface area contributed by atoms with Gasteiger partial charge in [-0.25, -0.2) is 0 Å². The Balaban J connectivity index is 1.37. The second-order valence-corrected chi connectivity index (χ2v) is 8.02. The third-order valence-corrected chi connectivity index (χ3v) is 6.60. The van der Waals surface area contributed by atoms with E-state index >= 15 is 0 Å². The number of fused-ring (bicyclic) bond motifs is 3. The van der Waals surface area contributed by atoms with Crippen LogP contribution in [0.5, 0.6) is 0 Å². The number of carbonyl (C=O) groups is 1. The lowest BCUT2D eigenvalue weighted by molar-refractivity contribution is -0.138. The lowest BCUT2D eigenvalue weighted by Crippen LogP contribution is -2.50. The molecule has 0 aromatic heterocycles. The van der Waals surface area contributed by atoms with Gasteiger partial charge in [-0.1, -0.05) is 12.8 Å². The summed E-state index contributed by atoms with van der Waals surface area (Å²) < 4.78 is 0. The first-order chi connectivity index (χ1) is 10.3. The minimum absolute atomic E-state index is 0.484. The van der Waals surface area contributed by atoms with Crippen molar-refractivity contribution in [2.75, 3.05) is 6.54 Å². The van der Waals surface area contributed by atoms with Crippen LogP contribution in [0.15, 0.2) is 0 Å². The summed E-state index contributed by atoms with van der Waals surface area (Å²) in [5.74, 6) is 1.96. The van der Waals surface area contributed by atoms with Crippen molar-refractivity contribution < 1.29 is 4.79 Å². The summed E-state index contributed by atoms with van der Waals surface area (Å²) in [6.45, 7) is 1.04. The summed E-state index contributed by atoms with van der Waals surface area (Å²) in [7, 11) is 0. The summed E-state index contributed by atoms with van der Waals surface area (Å²) in [5.41, 5.74) is 0. The van der Waals surface area contributed by atoms with Gasteiger partial charge in [0.1, 0.15) is 0 Å². The predicted molar refractivity (Wildman–Crippen MR) is 84.0 cm³/mol. The Hall–Kier alpha value is -0.570. The molecule has 4 fully saturated rings. The van der Waals surface area contributed by atoms with E-state index in [4.69, 9.17) is 0 Å². The molecule has 1 saturated carbocycles. The van der Waals surface area contributed by atoms with Crippen molar-refractivity contribution in [3.63, 3.8) is 0 Å². The predicted octanol–water partition coefficient (Wildman–Crippen LogP) is 3.09. The smallest absolute Gasteiger partial charge is 0.223 e. The van der Waals surface area contributed by atoms with E-state index in [2.05, 4.69) is 10.2 Å². The normalized spacial score (nSPS) is 42.7. The number of rotatable bonds is 2. The summed E-state index contributed by atoms with van der Waals surface area (Å²) in [4.78, 5) is 15.2. The van der Waals surface area contributed by atoms with Crippen LogP contribution in [0.4, 0.5) is 0 Å². The molecule has 3 heteroatoms. The molecule has 0 aromatic rings. The zero-order valence-electron chi connectivity index (χ0n) is 13.2. The molecule has 2 unspecified atom stereocenters. The van der Waals surface area contributed by atoms with Gasteiger partial charge in [-0.2, -0.15) is 0 Å². The van der Waals surface area contributed by atoms with Gasteiger partial charge in [0.2, 0.25) is 5.91 Å². The van der Waals surface area contributed by atoms with Gasteiger partial charge in [-0.15, -0.1) is 0 Å². The summed E-state index contributed by atoms with van der Waals surface area (Å²) >= 11 is 0. The molecule has 0 aromatic carbocycles. The number of hydrogen-bond donors (Lipinski definition) is 1. The average Bonchev–Trinajstić information content (AvgIpc) is 2.85. The van der Waals surface area contributed by atoms with E-state index in [9.17, 15) is 4.79 Å². The van der Waals surface area contributed by atoms with E-state index in [1.54, 1.807) is 0 Å². The molecule has 3 heterocycles. The van der Waals surface area contributed by atoms with Crippen molar-refractivity contribution in [2.45, 2.75) is 88.8 Å². The Labute approximate surface area is 128 Å². The molecule has 1 N–H and O–H groups in total. The maximum Gasteiger partial charge on any atom is 0.223 e. The largest absolute Gasteiger partial charge is 0.339 e. The van der Waals surface area contributed by atoms with Crippen molar-refractivity contribution in [1.29, 1.82) is 0 Å². The van der Waals surface area contributed by atoms with Crippen LogP contribution in [0.1, 0.15) is 70.6 Å². The molecule has 3 nitrogen and oxygen atoms in total. The second kappa shape index (κ2) is 5.91. The van der Waals surface area contributed by atoms with Crippen LogP contribution in [0, 0.1) is 11.8 Å². The van der Waals surface area contributed by atoms with Crippen molar-refractivity contribution in [3.8, 4) is 0 Å². The fraction of sp³-hybridized carbons (Fsp3) is 0.944. The third kappa shape index (κ3) is 2.86. The fourth-order valence-electron chi connectivity index (χ4n) is 5.64. The van der Waals surface area contributed by atoms with Gasteiger partial charge < -0.3 is 10.2 Å². The molecule has 118 valence electrons. The molecule has 0 radical (unpaired) electrons. The number of nitrogens with one attached hydrogen (secondary N) is 1. The van der Waals surface area contributed by atoms with Crippen molar-refractivity contribution in [1.82, 2.24) is 10.2 Å². The van der Waals surface area contributed by atoms with Gasteiger partial charge in [-0.3, -0.25) is 4.79 Å². The Morgan fingerprint density at radius 1 is 0.952 bits per heavy atom. The van der Waals surface area contributed by atoms with E-state index < -0.39 is 0 Å². The number of hydrogen-bond acceptors (Lipinski definition) is 2. The minimum atomic E-state index is 0.484. The van der Waals surface area contributed by atoms with Gasteiger partial charge in [-0.05, 0) is 63.2 Å². The third-order valence-electron chi connectivity index (χ3n) is 6.60. The van der Waals surface area contributed by atoms with Gasteiger partial charge in [0.05, 0.1) is 0 Å². The average molecular weight is 290 g/mol. The van der Waals surface area contributed by atoms with E-state index in [1.807, 2.05) is 0 Å². The Morgan fingerprint density at radius 2 is 1.67 bits per heavy atom. The van der Waals surface area contributed by atoms with Crippen molar-refractivity contribution in [3.05, 3.63) is 0 Å². The van der Waals surface area contributed by atoms with E-state index in [1.165, 1.54) is 64.2 Å². The van der Waals surface area contributed by atoms with Crippen LogP contribution in [0.2, 0.25) is 0 Å². The highest BCUT2D eigenvalue weighted by Crippen LogP contribution is 2.37. The van der Waals surface area contributed by atoms with Crippen LogP contribution in [0.3, 0.4) is 0 Å². The van der Waals surface area contributed by atoms with E-state index in [-0.39, 0.29) is 0 Å². The summed E-state index contributed by atoms with van der Waals surface area (Å²) in [6, 6.07) is 2.02. The minimum Gasteiger partial charge on any atom is -0.339 e. The molecular formula is C18H30N2O. The summed E-state index contributed by atoms with van der Waals surface area (Å²) in [6.07, 6.45) is 14.0. The molecule has 4 rings (SSSR count). The lowest BCUT2D eigenvalue weighted by Gasteiger charge is -2.44. The van der Waals surface area contributed by atoms with Crippen LogP contribution in [-0.2, 0) is 4.79 Å². The van der Waals surface area contributed by atoms with Gasteiger partial charge in [0.25, 0.3) is 0 Å². The first-order valence-electron chi connectivity index (χ1n) is 9.35. The molecule has 3 saturated heterocycles. The quantitative estimate of drug-likeness (QED) is 0.847. The second-order valence-electron chi connectivity index (χ2n) is 8.02. The topological polar surface area (TPSA) is 32.3 Å². The first kappa shape index (κ1) is 14.0. The highest BCUT2D eigenvalue weighted by molar-refractivity contribution is 5.77. The van der Waals surface area contributed by atoms with Gasteiger partial charge >= 0.3 is 0 Å². The number of nitrogens with zero attached hydrogens (tertiary/aromatic N) is 1. The van der Waals surface area contributed by atoms with Crippen LogP contribution in [0.25, 0.3) is 0 Å². The highest BCUT2D eigenvalue weighted by Gasteiger charge is 2.38. The number of likely N-dealkylation sites (tertiary alicyclic amines) is 1. The highest BCUT2D eigenvalue weighted by atomic mass is 16.2. The van der Waals surface area contributed by atoms with Crippen LogP contribution in [-0.4, -0.2) is 35.5 Å². The van der Waals surface area contributed by atoms with Crippen molar-refractivity contribution >= 4 is 5.91 Å². The summed E-state index contributed by atoms with van der Waals surface area (Å²) in [5, 5.41) is 3.69. The SMILES string of the molecule is O=C(CC1CC2CCC(C1)N2)N1CCC[C@H]2CCCC[C@H]21. The molecule has 1 amide bonds. The molecule has 3 aliphatic heterocycles. The fourth-order valence-corrected chi connectivity index (χ4v) is 5.64. The molecule has 2 bridgehead atoms. The number of amides is 1. The Kier molecular flexibility index (Phi) is 3.95. The maximum absolute atomic E-state index is 12.9. The molecule has 4 atom stereocenters. The lowest BCUT2D eigenvalue weighted by atomic mass is 9.78. The molecule has 0 spiro atoms. The van der Waals surface area contributed by atoms with Gasteiger partial charge in [0, 0.05) is 31.1 Å². The van der Waals surface area contributed by atoms with Crippen molar-refractivity contribution in [2.24, 2.45) is 11.8 Å². The number of piperidine rings is 2. The Morgan fingerprint density at radius 3 is 2.48 bits per heavy atom. The number of carbonyl (C=O) groups excluding carboxylic acids is 1. The van der Waals surface area contributed by atoms with Crippen LogP contribution < -0.4 is 5.32 Å². The molecule has 21 heavy (non-hydrogen) atoms. The van der Waals surface area contributed by atoms with E-state index in [0.29, 0.717) is 30.0 Å². The standard InChI is InChI=1S/C18H30N2O/c21-18(12-13-10-15-7-8-16(11-13)19-15)20-9-3-5-14-4-1-2-6-17(14)20/h13-17,19H,1-12H2/t13?,14-,15?,16?,17-/m1/s1. The Bertz CT molecular complexity index is 383. The first-order valence-corrected chi connectivity index (χ1v) is 9.35. The molecule has 4 aliphatic rings. The zero-order valence-corrected chi connectivity index (χ0v) is 13.2. The maximum atomic E-state index is 12.9. The molecule has 1 aliphatic carbocycles. The van der Waals surface area contributed by atoms with Crippen LogP contribution >= 0.6 is 0 Å². The molecular weight excluding hydrogens is 260 g/mol. The van der Waals surface area contributed by atoms with E-state index in [0.717, 1.165) is 18.9 Å². The monoisotopic (exact) mass is 290 g/mol.